The zero-order valence-electron chi connectivity index (χ0n) is 14.3. The van der Waals surface area contributed by atoms with Crippen molar-refractivity contribution < 1.29 is 4.79 Å². The fraction of sp³-hybridized carbons (Fsp3) is 0.200. The number of hydrogen-bond acceptors (Lipinski definition) is 4. The largest absolute Gasteiger partial charge is 0.310 e. The number of nitrogens with zero attached hydrogens (tertiary/aromatic N) is 3. The fourth-order valence-corrected chi connectivity index (χ4v) is 3.89. The fourth-order valence-electron chi connectivity index (χ4n) is 3.09. The highest BCUT2D eigenvalue weighted by Crippen LogP contribution is 2.41. The van der Waals surface area contributed by atoms with Crippen molar-refractivity contribution in [3.05, 3.63) is 51.8 Å². The van der Waals surface area contributed by atoms with Crippen molar-refractivity contribution in [1.29, 1.82) is 5.26 Å². The second kappa shape index (κ2) is 6.91. The number of rotatable bonds is 3. The number of pyridine rings is 2. The van der Waals surface area contributed by atoms with Crippen molar-refractivity contribution in [2.75, 3.05) is 5.32 Å². The number of aromatic nitrogens is 2. The van der Waals surface area contributed by atoms with E-state index in [1.54, 1.807) is 24.7 Å². The summed E-state index contributed by atoms with van der Waals surface area (Å²) in [6.45, 7) is 2.01. The van der Waals surface area contributed by atoms with E-state index in [1.165, 1.54) is 0 Å². The van der Waals surface area contributed by atoms with Gasteiger partial charge in [-0.2, -0.15) is 5.26 Å². The van der Waals surface area contributed by atoms with Gasteiger partial charge in [0.25, 0.3) is 0 Å². The summed E-state index contributed by atoms with van der Waals surface area (Å²) in [5.74, 6) is -0.145. The molecule has 134 valence electrons. The summed E-state index contributed by atoms with van der Waals surface area (Å²) in [6, 6.07) is 7.86. The lowest BCUT2D eigenvalue weighted by Gasteiger charge is -2.13. The molecule has 1 aliphatic carbocycles. The lowest BCUT2D eigenvalue weighted by atomic mass is 10.00. The molecule has 2 atom stereocenters. The highest BCUT2D eigenvalue weighted by molar-refractivity contribution is 9.10. The maximum absolute atomic E-state index is 12.2. The number of amides is 1. The predicted octanol–water partition coefficient (Wildman–Crippen LogP) is 5.12. The molecule has 0 spiro atoms. The van der Waals surface area contributed by atoms with Gasteiger partial charge in [-0.15, -0.1) is 0 Å². The second-order valence-corrected chi connectivity index (χ2v) is 7.77. The van der Waals surface area contributed by atoms with E-state index in [4.69, 9.17) is 16.9 Å². The molecule has 27 heavy (non-hydrogen) atoms. The predicted molar refractivity (Wildman–Crippen MR) is 108 cm³/mol. The molecule has 0 radical (unpaired) electrons. The summed E-state index contributed by atoms with van der Waals surface area (Å²) in [5.41, 5.74) is 2.98. The van der Waals surface area contributed by atoms with Gasteiger partial charge >= 0.3 is 0 Å². The van der Waals surface area contributed by atoms with Gasteiger partial charge < -0.3 is 5.32 Å². The van der Waals surface area contributed by atoms with Gasteiger partial charge in [0.15, 0.2) is 0 Å². The molecule has 1 N–H and O–H groups in total. The molecule has 5 nitrogen and oxygen atoms in total. The summed E-state index contributed by atoms with van der Waals surface area (Å²) in [7, 11) is 0. The lowest BCUT2D eigenvalue weighted by molar-refractivity contribution is -0.117. The molecule has 1 saturated carbocycles. The van der Waals surface area contributed by atoms with Crippen LogP contribution >= 0.6 is 27.5 Å². The highest BCUT2D eigenvalue weighted by atomic mass is 79.9. The normalized spacial score (nSPS) is 18.1. The number of carbonyl (C=O) groups is 1. The van der Waals surface area contributed by atoms with Gasteiger partial charge in [-0.25, -0.2) is 4.98 Å². The average Bonchev–Trinajstić information content (AvgIpc) is 3.45. The van der Waals surface area contributed by atoms with E-state index in [1.807, 2.05) is 19.1 Å². The first-order chi connectivity index (χ1) is 13.0. The molecule has 4 rings (SSSR count). The molecule has 3 aromatic rings. The van der Waals surface area contributed by atoms with Crippen LogP contribution in [0.3, 0.4) is 0 Å². The van der Waals surface area contributed by atoms with Crippen molar-refractivity contribution in [3.8, 4) is 17.2 Å². The number of nitrogens with one attached hydrogen (secondary N) is 1. The zero-order chi connectivity index (χ0) is 19.1. The Kier molecular flexibility index (Phi) is 4.58. The molecule has 2 aromatic heterocycles. The van der Waals surface area contributed by atoms with Crippen LogP contribution in [-0.2, 0) is 4.79 Å². The monoisotopic (exact) mass is 440 g/mol. The number of halogens is 2. The molecular formula is C20H14BrClN4O. The molecule has 1 fully saturated rings. The Balaban J connectivity index is 1.75. The summed E-state index contributed by atoms with van der Waals surface area (Å²) in [5, 5.41) is 13.9. The van der Waals surface area contributed by atoms with Gasteiger partial charge in [-0.05, 0) is 64.0 Å². The molecule has 2 heterocycles. The number of aryl methyl sites for hydroxylation is 1. The minimum Gasteiger partial charge on any atom is -0.310 e. The maximum atomic E-state index is 12.2. The van der Waals surface area contributed by atoms with Gasteiger partial charge in [-0.3, -0.25) is 9.78 Å². The van der Waals surface area contributed by atoms with E-state index in [2.05, 4.69) is 37.3 Å². The number of fused-ring (bicyclic) bond motifs is 1. The maximum Gasteiger partial charge on any atom is 0.230 e. The van der Waals surface area contributed by atoms with Crippen LogP contribution in [-0.4, -0.2) is 15.9 Å². The van der Waals surface area contributed by atoms with Crippen LogP contribution in [0.2, 0.25) is 5.02 Å². The van der Waals surface area contributed by atoms with E-state index in [0.29, 0.717) is 17.3 Å². The van der Waals surface area contributed by atoms with Gasteiger partial charge in [0.1, 0.15) is 5.82 Å². The van der Waals surface area contributed by atoms with Crippen LogP contribution in [0.25, 0.3) is 21.9 Å². The van der Waals surface area contributed by atoms with Crippen molar-refractivity contribution in [2.24, 2.45) is 11.8 Å². The second-order valence-electron chi connectivity index (χ2n) is 6.60. The number of anilines is 1. The Hall–Kier alpha value is -2.49. The third-order valence-corrected chi connectivity index (χ3v) is 6.22. The molecule has 1 aliphatic rings. The standard InChI is InChI=1S/C20H14BrClN4O/c1-10-2-3-24-8-15(10)14-4-11-6-17(25-9-16(11)19(22)18(14)21)26-20(27)13-5-12(13)7-23/h2-4,6,8-9,12-13H,5H2,1H3,(H,25,26,27)/t12-,13+/m0/s1. The van der Waals surface area contributed by atoms with Gasteiger partial charge in [0.05, 0.1) is 22.9 Å². The highest BCUT2D eigenvalue weighted by Gasteiger charge is 2.43. The van der Waals surface area contributed by atoms with Crippen LogP contribution < -0.4 is 5.32 Å². The summed E-state index contributed by atoms with van der Waals surface area (Å²) < 4.78 is 0.779. The lowest BCUT2D eigenvalue weighted by Crippen LogP contribution is -2.15. The van der Waals surface area contributed by atoms with Gasteiger partial charge in [0, 0.05) is 34.0 Å². The number of benzene rings is 1. The first-order valence-electron chi connectivity index (χ1n) is 8.39. The summed E-state index contributed by atoms with van der Waals surface area (Å²) >= 11 is 10.1. The van der Waals surface area contributed by atoms with Crippen LogP contribution in [0.15, 0.2) is 41.3 Å². The quantitative estimate of drug-likeness (QED) is 0.612. The third kappa shape index (κ3) is 3.29. The van der Waals surface area contributed by atoms with Gasteiger partial charge in [-0.1, -0.05) is 11.6 Å². The van der Waals surface area contributed by atoms with Gasteiger partial charge in [0.2, 0.25) is 5.91 Å². The van der Waals surface area contributed by atoms with Crippen LogP contribution in [0.4, 0.5) is 5.82 Å². The third-order valence-electron chi connectivity index (χ3n) is 4.77. The molecule has 1 amide bonds. The SMILES string of the molecule is Cc1ccncc1-c1cc2cc(NC(=O)[C@@H]3C[C@H]3C#N)ncc2c(Cl)c1Br. The molecule has 7 heteroatoms. The van der Waals surface area contributed by atoms with E-state index >= 15 is 0 Å². The Bertz CT molecular complexity index is 1120. The van der Waals surface area contributed by atoms with E-state index in [0.717, 1.165) is 31.9 Å². The zero-order valence-corrected chi connectivity index (χ0v) is 16.7. The molecule has 0 bridgehead atoms. The van der Waals surface area contributed by atoms with E-state index < -0.39 is 0 Å². The average molecular weight is 442 g/mol. The van der Waals surface area contributed by atoms with Crippen molar-refractivity contribution in [3.63, 3.8) is 0 Å². The summed E-state index contributed by atoms with van der Waals surface area (Å²) in [4.78, 5) is 20.7. The Morgan fingerprint density at radius 1 is 1.37 bits per heavy atom. The van der Waals surface area contributed by atoms with Crippen LogP contribution in [0, 0.1) is 30.1 Å². The van der Waals surface area contributed by atoms with Crippen molar-refractivity contribution >= 4 is 50.0 Å². The van der Waals surface area contributed by atoms with Crippen molar-refractivity contribution in [1.82, 2.24) is 9.97 Å². The smallest absolute Gasteiger partial charge is 0.230 e. The summed E-state index contributed by atoms with van der Waals surface area (Å²) in [6.07, 6.45) is 5.81. The minimum absolute atomic E-state index is 0.167. The molecule has 1 aromatic carbocycles. The number of nitriles is 1. The topological polar surface area (TPSA) is 78.7 Å². The van der Waals surface area contributed by atoms with Crippen molar-refractivity contribution in [2.45, 2.75) is 13.3 Å². The molecule has 0 aliphatic heterocycles. The molecule has 0 saturated heterocycles. The number of hydrogen-bond donors (Lipinski definition) is 1. The molecular weight excluding hydrogens is 428 g/mol. The van der Waals surface area contributed by atoms with Crippen LogP contribution in [0.5, 0.6) is 0 Å². The Labute approximate surface area is 169 Å². The number of carbonyl (C=O) groups excluding carboxylic acids is 1. The first-order valence-corrected chi connectivity index (χ1v) is 9.56. The van der Waals surface area contributed by atoms with E-state index in [9.17, 15) is 4.79 Å². The van der Waals surface area contributed by atoms with E-state index in [-0.39, 0.29) is 17.7 Å². The Morgan fingerprint density at radius 3 is 2.89 bits per heavy atom. The minimum atomic E-state index is -0.241. The first kappa shape index (κ1) is 17.9. The Morgan fingerprint density at radius 2 is 2.19 bits per heavy atom. The van der Waals surface area contributed by atoms with Crippen LogP contribution in [0.1, 0.15) is 12.0 Å². The molecule has 0 unspecified atom stereocenters.